The highest BCUT2D eigenvalue weighted by Crippen LogP contribution is 2.30. The quantitative estimate of drug-likeness (QED) is 0.713. The van der Waals surface area contributed by atoms with Gasteiger partial charge in [-0.25, -0.2) is 12.7 Å². The first-order valence-electron chi connectivity index (χ1n) is 8.89. The maximum absolute atomic E-state index is 12.6. The molecule has 2 N–H and O–H groups in total. The summed E-state index contributed by atoms with van der Waals surface area (Å²) in [4.78, 5) is 12.3. The van der Waals surface area contributed by atoms with Crippen molar-refractivity contribution in [3.05, 3.63) is 30.0 Å². The lowest BCUT2D eigenvalue weighted by Gasteiger charge is -2.15. The summed E-state index contributed by atoms with van der Waals surface area (Å²) in [5.41, 5.74) is 1.30. The van der Waals surface area contributed by atoms with E-state index in [1.165, 1.54) is 27.3 Å². The lowest BCUT2D eigenvalue weighted by Crippen LogP contribution is -2.31. The second-order valence-corrected chi connectivity index (χ2v) is 8.79. The first-order chi connectivity index (χ1) is 13.3. The molecule has 1 unspecified atom stereocenters. The molecule has 0 spiro atoms. The molecule has 1 atom stereocenters. The van der Waals surface area contributed by atoms with E-state index in [1.54, 1.807) is 18.2 Å². The van der Waals surface area contributed by atoms with Crippen molar-refractivity contribution in [2.75, 3.05) is 34.4 Å². The number of H-pyrrole nitrogens is 1. The van der Waals surface area contributed by atoms with Crippen LogP contribution >= 0.6 is 0 Å². The second kappa shape index (κ2) is 8.29. The van der Waals surface area contributed by atoms with Gasteiger partial charge in [0.1, 0.15) is 16.3 Å². The van der Waals surface area contributed by atoms with Crippen LogP contribution in [0.5, 0.6) is 5.75 Å². The van der Waals surface area contributed by atoms with Crippen LogP contribution < -0.4 is 10.1 Å². The van der Waals surface area contributed by atoms with Gasteiger partial charge in [-0.3, -0.25) is 9.89 Å². The molecule has 1 fully saturated rings. The highest BCUT2D eigenvalue weighted by atomic mass is 32.2. The van der Waals surface area contributed by atoms with E-state index < -0.39 is 10.0 Å². The third kappa shape index (κ3) is 4.18. The topological polar surface area (TPSA) is 114 Å². The Bertz CT molecular complexity index is 949. The summed E-state index contributed by atoms with van der Waals surface area (Å²) in [6.45, 7) is 1.17. The minimum atomic E-state index is -3.70. The summed E-state index contributed by atoms with van der Waals surface area (Å²) in [6.07, 6.45) is 1.99. The summed E-state index contributed by atoms with van der Waals surface area (Å²) in [6, 6.07) is 6.33. The number of sulfonamides is 1. The number of carbonyl (C=O) groups excluding carboxylic acids is 1. The summed E-state index contributed by atoms with van der Waals surface area (Å²) in [5, 5.41) is 9.66. The Morgan fingerprint density at radius 3 is 2.82 bits per heavy atom. The predicted octanol–water partition coefficient (Wildman–Crippen LogP) is 1.24. The zero-order valence-electron chi connectivity index (χ0n) is 16.1. The van der Waals surface area contributed by atoms with Gasteiger partial charge in [-0.05, 0) is 37.1 Å². The molecule has 1 aromatic carbocycles. The molecule has 0 aliphatic carbocycles. The molecule has 1 saturated heterocycles. The largest absolute Gasteiger partial charge is 0.495 e. The molecule has 10 heteroatoms. The van der Waals surface area contributed by atoms with Gasteiger partial charge in [-0.2, -0.15) is 5.10 Å². The average Bonchev–Trinajstić information content (AvgIpc) is 3.37. The molecule has 1 aliphatic rings. The highest BCUT2D eigenvalue weighted by Gasteiger charge is 2.24. The Labute approximate surface area is 164 Å². The molecule has 1 amide bonds. The van der Waals surface area contributed by atoms with E-state index in [1.807, 2.05) is 0 Å². The van der Waals surface area contributed by atoms with Crippen molar-refractivity contribution in [3.8, 4) is 17.0 Å². The van der Waals surface area contributed by atoms with Crippen LogP contribution in [0.15, 0.2) is 29.2 Å². The fourth-order valence-corrected chi connectivity index (χ4v) is 4.00. The molecule has 152 valence electrons. The van der Waals surface area contributed by atoms with E-state index in [0.717, 1.165) is 23.8 Å². The van der Waals surface area contributed by atoms with Crippen LogP contribution in [-0.4, -0.2) is 69.3 Å². The first-order valence-corrected chi connectivity index (χ1v) is 10.3. The van der Waals surface area contributed by atoms with Gasteiger partial charge in [-0.1, -0.05) is 0 Å². The van der Waals surface area contributed by atoms with Crippen molar-refractivity contribution in [2.45, 2.75) is 23.8 Å². The number of benzene rings is 1. The monoisotopic (exact) mass is 408 g/mol. The van der Waals surface area contributed by atoms with Crippen molar-refractivity contribution >= 4 is 15.9 Å². The highest BCUT2D eigenvalue weighted by molar-refractivity contribution is 7.89. The molecular weight excluding hydrogens is 384 g/mol. The number of carbonyl (C=O) groups is 1. The average molecular weight is 408 g/mol. The zero-order valence-corrected chi connectivity index (χ0v) is 16.9. The molecule has 1 aliphatic heterocycles. The number of ether oxygens (including phenoxy) is 2. The third-order valence-electron chi connectivity index (χ3n) is 4.55. The van der Waals surface area contributed by atoms with Crippen LogP contribution in [0.1, 0.15) is 23.3 Å². The van der Waals surface area contributed by atoms with Crippen LogP contribution in [-0.2, 0) is 14.8 Å². The number of hydrogen-bond acceptors (Lipinski definition) is 6. The Hall–Kier alpha value is -2.43. The van der Waals surface area contributed by atoms with Crippen molar-refractivity contribution in [2.24, 2.45) is 0 Å². The van der Waals surface area contributed by atoms with E-state index in [4.69, 9.17) is 9.47 Å². The van der Waals surface area contributed by atoms with E-state index >= 15 is 0 Å². The van der Waals surface area contributed by atoms with Gasteiger partial charge >= 0.3 is 0 Å². The van der Waals surface area contributed by atoms with Crippen molar-refractivity contribution in [1.82, 2.24) is 19.8 Å². The van der Waals surface area contributed by atoms with Crippen LogP contribution in [0, 0.1) is 0 Å². The summed E-state index contributed by atoms with van der Waals surface area (Å²) in [7, 11) is 0.613. The number of rotatable bonds is 7. The molecule has 0 bridgehead atoms. The Morgan fingerprint density at radius 1 is 1.39 bits per heavy atom. The zero-order chi connectivity index (χ0) is 20.3. The second-order valence-electron chi connectivity index (χ2n) is 6.66. The van der Waals surface area contributed by atoms with Crippen molar-refractivity contribution < 1.29 is 22.7 Å². The molecular formula is C18H24N4O5S. The normalized spacial score (nSPS) is 17.1. The Kier molecular flexibility index (Phi) is 6.01. The number of nitrogens with zero attached hydrogens (tertiary/aromatic N) is 2. The number of nitrogens with one attached hydrogen (secondary N) is 2. The van der Waals surface area contributed by atoms with Gasteiger partial charge in [0.05, 0.1) is 18.9 Å². The maximum Gasteiger partial charge on any atom is 0.269 e. The van der Waals surface area contributed by atoms with Gasteiger partial charge in [0, 0.05) is 32.8 Å². The lowest BCUT2D eigenvalue weighted by atomic mass is 10.1. The number of aromatic nitrogens is 2. The van der Waals surface area contributed by atoms with Crippen molar-refractivity contribution in [3.63, 3.8) is 0 Å². The van der Waals surface area contributed by atoms with E-state index in [9.17, 15) is 13.2 Å². The number of aromatic amines is 1. The fourth-order valence-electron chi connectivity index (χ4n) is 2.93. The standard InChI is InChI=1S/C18H24N4O5S/c1-22(2)28(24,25)17-9-12(6-7-16(17)26-3)14-10-15(21-20-14)18(23)19-11-13-5-4-8-27-13/h6-7,9-10,13H,4-5,8,11H2,1-3H3,(H,19,23)(H,20,21). The van der Waals surface area contributed by atoms with Gasteiger partial charge in [0.25, 0.3) is 5.91 Å². The van der Waals surface area contributed by atoms with Crippen LogP contribution in [0.3, 0.4) is 0 Å². The fraction of sp³-hybridized carbons (Fsp3) is 0.444. The minimum absolute atomic E-state index is 0.0323. The predicted molar refractivity (Wildman–Crippen MR) is 103 cm³/mol. The van der Waals surface area contributed by atoms with Gasteiger partial charge in [0.15, 0.2) is 0 Å². The molecule has 2 aromatic rings. The third-order valence-corrected chi connectivity index (χ3v) is 6.39. The molecule has 9 nitrogen and oxygen atoms in total. The van der Waals surface area contributed by atoms with E-state index in [2.05, 4.69) is 15.5 Å². The Morgan fingerprint density at radius 2 is 2.18 bits per heavy atom. The number of methoxy groups -OCH3 is 1. The minimum Gasteiger partial charge on any atom is -0.495 e. The molecule has 3 rings (SSSR count). The van der Waals surface area contributed by atoms with Gasteiger partial charge in [-0.15, -0.1) is 0 Å². The van der Waals surface area contributed by atoms with Crippen LogP contribution in [0.25, 0.3) is 11.3 Å². The van der Waals surface area contributed by atoms with Crippen LogP contribution in [0.4, 0.5) is 0 Å². The lowest BCUT2D eigenvalue weighted by molar-refractivity contribution is 0.0853. The molecule has 0 radical (unpaired) electrons. The Balaban J connectivity index is 1.81. The smallest absolute Gasteiger partial charge is 0.269 e. The summed E-state index contributed by atoms with van der Waals surface area (Å²) in [5.74, 6) is -0.0496. The molecule has 0 saturated carbocycles. The SMILES string of the molecule is COc1ccc(-c2cc(C(=O)NCC3CCCO3)[nH]n2)cc1S(=O)(=O)N(C)C. The van der Waals surface area contributed by atoms with E-state index in [0.29, 0.717) is 23.5 Å². The molecule has 2 heterocycles. The van der Waals surface area contributed by atoms with E-state index in [-0.39, 0.29) is 22.7 Å². The van der Waals surface area contributed by atoms with Crippen LogP contribution in [0.2, 0.25) is 0 Å². The summed E-state index contributed by atoms with van der Waals surface area (Å²) >= 11 is 0. The molecule has 1 aromatic heterocycles. The number of amides is 1. The van der Waals surface area contributed by atoms with Crippen molar-refractivity contribution in [1.29, 1.82) is 0 Å². The summed E-state index contributed by atoms with van der Waals surface area (Å²) < 4.78 is 36.9. The van der Waals surface area contributed by atoms with Gasteiger partial charge < -0.3 is 14.8 Å². The number of hydrogen-bond donors (Lipinski definition) is 2. The maximum atomic E-state index is 12.6. The van der Waals surface area contributed by atoms with Gasteiger partial charge in [0.2, 0.25) is 10.0 Å². The molecule has 28 heavy (non-hydrogen) atoms. The first kappa shape index (κ1) is 20.3.